The maximum atomic E-state index is 10.6. The second-order valence-corrected chi connectivity index (χ2v) is 4.02. The maximum Gasteiger partial charge on any atom is 0.119 e. The Hall–Kier alpha value is -1.00. The van der Waals surface area contributed by atoms with E-state index >= 15 is 0 Å². The second-order valence-electron chi connectivity index (χ2n) is 4.02. The van der Waals surface area contributed by atoms with Crippen LogP contribution in [0.15, 0.2) is 18.7 Å². The Balaban J connectivity index is 2.30. The van der Waals surface area contributed by atoms with Gasteiger partial charge in [0.25, 0.3) is 0 Å². The summed E-state index contributed by atoms with van der Waals surface area (Å²) in [4.78, 5) is 7.89. The summed E-state index contributed by atoms with van der Waals surface area (Å²) < 4.78 is 5.36. The molecule has 2 rings (SSSR count). The van der Waals surface area contributed by atoms with Crippen LogP contribution in [0.4, 0.5) is 0 Å². The van der Waals surface area contributed by atoms with Crippen molar-refractivity contribution >= 4 is 0 Å². The molecule has 2 atom stereocenters. The first-order valence-corrected chi connectivity index (χ1v) is 5.28. The van der Waals surface area contributed by atoms with E-state index in [2.05, 4.69) is 9.97 Å². The number of hydrogen-bond donors (Lipinski definition) is 1. The van der Waals surface area contributed by atoms with Crippen molar-refractivity contribution in [3.63, 3.8) is 0 Å². The SMILES string of the molecule is COC1CCCCC1(O)c1cncnc1. The van der Waals surface area contributed by atoms with Crippen molar-refractivity contribution in [1.29, 1.82) is 0 Å². The quantitative estimate of drug-likeness (QED) is 0.794. The zero-order chi connectivity index (χ0) is 10.7. The van der Waals surface area contributed by atoms with Gasteiger partial charge in [-0.3, -0.25) is 0 Å². The third-order valence-electron chi connectivity index (χ3n) is 3.15. The van der Waals surface area contributed by atoms with Crippen LogP contribution < -0.4 is 0 Å². The average molecular weight is 208 g/mol. The molecule has 0 bridgehead atoms. The monoisotopic (exact) mass is 208 g/mol. The summed E-state index contributed by atoms with van der Waals surface area (Å²) in [6, 6.07) is 0. The zero-order valence-corrected chi connectivity index (χ0v) is 8.89. The summed E-state index contributed by atoms with van der Waals surface area (Å²) in [5, 5.41) is 10.6. The van der Waals surface area contributed by atoms with Crippen LogP contribution in [0.1, 0.15) is 31.2 Å². The van der Waals surface area contributed by atoms with Crippen molar-refractivity contribution in [2.75, 3.05) is 7.11 Å². The van der Waals surface area contributed by atoms with Crippen molar-refractivity contribution < 1.29 is 9.84 Å². The minimum Gasteiger partial charge on any atom is -0.382 e. The summed E-state index contributed by atoms with van der Waals surface area (Å²) in [6.07, 6.45) is 8.41. The molecule has 82 valence electrons. The molecule has 4 nitrogen and oxygen atoms in total. The van der Waals surface area contributed by atoms with Gasteiger partial charge in [0.05, 0.1) is 6.10 Å². The molecule has 15 heavy (non-hydrogen) atoms. The second kappa shape index (κ2) is 4.24. The van der Waals surface area contributed by atoms with Crippen LogP contribution >= 0.6 is 0 Å². The zero-order valence-electron chi connectivity index (χ0n) is 8.89. The lowest BCUT2D eigenvalue weighted by Crippen LogP contribution is -2.43. The van der Waals surface area contributed by atoms with Gasteiger partial charge >= 0.3 is 0 Å². The first-order valence-electron chi connectivity index (χ1n) is 5.28. The number of rotatable bonds is 2. The van der Waals surface area contributed by atoms with Crippen LogP contribution in [0.2, 0.25) is 0 Å². The largest absolute Gasteiger partial charge is 0.382 e. The Morgan fingerprint density at radius 2 is 2.13 bits per heavy atom. The van der Waals surface area contributed by atoms with Gasteiger partial charge in [-0.25, -0.2) is 9.97 Å². The molecule has 2 unspecified atom stereocenters. The van der Waals surface area contributed by atoms with Gasteiger partial charge in [0.15, 0.2) is 0 Å². The van der Waals surface area contributed by atoms with Crippen molar-refractivity contribution in [3.05, 3.63) is 24.3 Å². The molecule has 1 aliphatic rings. The lowest BCUT2D eigenvalue weighted by atomic mass is 9.78. The lowest BCUT2D eigenvalue weighted by molar-refractivity contribution is -0.123. The molecule has 0 radical (unpaired) electrons. The van der Waals surface area contributed by atoms with Crippen LogP contribution in [0.3, 0.4) is 0 Å². The molecule has 4 heteroatoms. The third-order valence-corrected chi connectivity index (χ3v) is 3.15. The molecule has 0 amide bonds. The fraction of sp³-hybridized carbons (Fsp3) is 0.636. The number of ether oxygens (including phenoxy) is 1. The Kier molecular flexibility index (Phi) is 2.98. The highest BCUT2D eigenvalue weighted by Crippen LogP contribution is 2.38. The first-order chi connectivity index (χ1) is 7.27. The molecule has 0 aliphatic heterocycles. The normalized spacial score (nSPS) is 31.5. The van der Waals surface area contributed by atoms with E-state index in [4.69, 9.17) is 4.74 Å². The summed E-state index contributed by atoms with van der Waals surface area (Å²) in [5.74, 6) is 0. The lowest BCUT2D eigenvalue weighted by Gasteiger charge is -2.38. The average Bonchev–Trinajstić information content (AvgIpc) is 2.31. The molecule has 1 N–H and O–H groups in total. The van der Waals surface area contributed by atoms with E-state index in [1.54, 1.807) is 19.5 Å². The minimum absolute atomic E-state index is 0.141. The Labute approximate surface area is 89.3 Å². The van der Waals surface area contributed by atoms with Crippen molar-refractivity contribution in [3.8, 4) is 0 Å². The van der Waals surface area contributed by atoms with Crippen LogP contribution in [-0.2, 0) is 10.3 Å². The van der Waals surface area contributed by atoms with Gasteiger partial charge in [-0.05, 0) is 12.8 Å². The van der Waals surface area contributed by atoms with Crippen LogP contribution in [0.5, 0.6) is 0 Å². The van der Waals surface area contributed by atoms with Gasteiger partial charge in [-0.15, -0.1) is 0 Å². The molecule has 0 aromatic carbocycles. The Morgan fingerprint density at radius 1 is 1.40 bits per heavy atom. The van der Waals surface area contributed by atoms with E-state index in [0.717, 1.165) is 31.2 Å². The molecule has 0 spiro atoms. The number of aliphatic hydroxyl groups is 1. The van der Waals surface area contributed by atoms with Crippen LogP contribution in [-0.4, -0.2) is 28.3 Å². The molecular weight excluding hydrogens is 192 g/mol. The Bertz CT molecular complexity index is 318. The van der Waals surface area contributed by atoms with Crippen LogP contribution in [0.25, 0.3) is 0 Å². The smallest absolute Gasteiger partial charge is 0.119 e. The van der Waals surface area contributed by atoms with Gasteiger partial charge < -0.3 is 9.84 Å². The highest BCUT2D eigenvalue weighted by Gasteiger charge is 2.41. The maximum absolute atomic E-state index is 10.6. The molecule has 1 aromatic rings. The first kappa shape index (κ1) is 10.5. The number of methoxy groups -OCH3 is 1. The number of hydrogen-bond acceptors (Lipinski definition) is 4. The highest BCUT2D eigenvalue weighted by molar-refractivity contribution is 5.17. The molecule has 1 aliphatic carbocycles. The van der Waals surface area contributed by atoms with Gasteiger partial charge in [-0.1, -0.05) is 12.8 Å². The third kappa shape index (κ3) is 1.87. The van der Waals surface area contributed by atoms with E-state index in [1.807, 2.05) is 0 Å². The summed E-state index contributed by atoms with van der Waals surface area (Å²) >= 11 is 0. The van der Waals surface area contributed by atoms with Crippen LogP contribution in [0, 0.1) is 0 Å². The molecule has 0 saturated heterocycles. The number of nitrogens with zero attached hydrogens (tertiary/aromatic N) is 2. The Morgan fingerprint density at radius 3 is 2.80 bits per heavy atom. The van der Waals surface area contributed by atoms with E-state index < -0.39 is 5.60 Å². The van der Waals surface area contributed by atoms with Crippen molar-refractivity contribution in [1.82, 2.24) is 9.97 Å². The predicted octanol–water partition coefficient (Wildman–Crippen LogP) is 1.25. The van der Waals surface area contributed by atoms with Gasteiger partial charge in [-0.2, -0.15) is 0 Å². The van der Waals surface area contributed by atoms with Gasteiger partial charge in [0.2, 0.25) is 0 Å². The highest BCUT2D eigenvalue weighted by atomic mass is 16.5. The molecule has 1 aromatic heterocycles. The van der Waals surface area contributed by atoms with Crippen molar-refractivity contribution in [2.45, 2.75) is 37.4 Å². The molecule has 1 fully saturated rings. The van der Waals surface area contributed by atoms with E-state index in [-0.39, 0.29) is 6.10 Å². The minimum atomic E-state index is -0.908. The molecule has 1 saturated carbocycles. The standard InChI is InChI=1S/C11H16N2O2/c1-15-10-4-2-3-5-11(10,14)9-6-12-8-13-7-9/h6-8,10,14H,2-5H2,1H3. The topological polar surface area (TPSA) is 55.2 Å². The summed E-state index contributed by atoms with van der Waals surface area (Å²) in [7, 11) is 1.64. The summed E-state index contributed by atoms with van der Waals surface area (Å²) in [6.45, 7) is 0. The molecular formula is C11H16N2O2. The van der Waals surface area contributed by atoms with Gasteiger partial charge in [0.1, 0.15) is 11.9 Å². The van der Waals surface area contributed by atoms with E-state index in [1.165, 1.54) is 6.33 Å². The van der Waals surface area contributed by atoms with E-state index in [9.17, 15) is 5.11 Å². The molecule has 1 heterocycles. The predicted molar refractivity (Wildman–Crippen MR) is 55.2 cm³/mol. The summed E-state index contributed by atoms with van der Waals surface area (Å²) in [5.41, 5.74) is -0.148. The van der Waals surface area contributed by atoms with E-state index in [0.29, 0.717) is 0 Å². The number of aromatic nitrogens is 2. The fourth-order valence-electron chi connectivity index (χ4n) is 2.29. The van der Waals surface area contributed by atoms with Crippen molar-refractivity contribution in [2.24, 2.45) is 0 Å². The fourth-order valence-corrected chi connectivity index (χ4v) is 2.29. The van der Waals surface area contributed by atoms with Gasteiger partial charge in [0, 0.05) is 25.1 Å².